The van der Waals surface area contributed by atoms with Gasteiger partial charge in [0.05, 0.1) is 6.61 Å². The topological polar surface area (TPSA) is 60.2 Å². The number of morpholine rings is 1. The molecule has 1 saturated heterocycles. The molecular weight excluding hydrogens is 301 g/mol. The summed E-state index contributed by atoms with van der Waals surface area (Å²) in [7, 11) is 0. The Balaban J connectivity index is 0.00000147. The van der Waals surface area contributed by atoms with E-state index in [0.29, 0.717) is 36.3 Å². The SMILES string of the molecule is Cl.Clc1ccccc1Cc1noc([C@@H]2CNCCO2)n1. The Labute approximate surface area is 128 Å². The van der Waals surface area contributed by atoms with Gasteiger partial charge in [-0.3, -0.25) is 0 Å². The van der Waals surface area contributed by atoms with Crippen molar-refractivity contribution in [2.75, 3.05) is 19.7 Å². The summed E-state index contributed by atoms with van der Waals surface area (Å²) < 4.78 is 10.8. The number of benzene rings is 1. The molecule has 1 N–H and O–H groups in total. The fourth-order valence-corrected chi connectivity index (χ4v) is 2.21. The van der Waals surface area contributed by atoms with E-state index in [1.54, 1.807) is 0 Å². The number of hydrogen-bond donors (Lipinski definition) is 1. The summed E-state index contributed by atoms with van der Waals surface area (Å²) in [6.45, 7) is 2.22. The number of halogens is 2. The highest BCUT2D eigenvalue weighted by molar-refractivity contribution is 6.31. The van der Waals surface area contributed by atoms with Crippen LogP contribution in [0.5, 0.6) is 0 Å². The first-order valence-electron chi connectivity index (χ1n) is 6.21. The third-order valence-electron chi connectivity index (χ3n) is 2.99. The molecule has 0 saturated carbocycles. The molecule has 1 aromatic heterocycles. The molecule has 0 spiro atoms. The van der Waals surface area contributed by atoms with E-state index < -0.39 is 0 Å². The van der Waals surface area contributed by atoms with Gasteiger partial charge in [-0.2, -0.15) is 4.98 Å². The van der Waals surface area contributed by atoms with Gasteiger partial charge in [0.15, 0.2) is 5.82 Å². The molecule has 108 valence electrons. The molecule has 2 heterocycles. The quantitative estimate of drug-likeness (QED) is 0.942. The highest BCUT2D eigenvalue weighted by Crippen LogP contribution is 2.20. The summed E-state index contributed by atoms with van der Waals surface area (Å²) in [4.78, 5) is 4.37. The van der Waals surface area contributed by atoms with E-state index in [1.807, 2.05) is 24.3 Å². The van der Waals surface area contributed by atoms with Crippen LogP contribution >= 0.6 is 24.0 Å². The number of ether oxygens (including phenoxy) is 1. The minimum atomic E-state index is -0.152. The molecule has 1 aromatic carbocycles. The first-order chi connectivity index (χ1) is 9.33. The van der Waals surface area contributed by atoms with Crippen molar-refractivity contribution in [2.45, 2.75) is 12.5 Å². The molecule has 2 aromatic rings. The van der Waals surface area contributed by atoms with Crippen LogP contribution in [0.1, 0.15) is 23.4 Å². The van der Waals surface area contributed by atoms with Crippen molar-refractivity contribution in [1.29, 1.82) is 0 Å². The van der Waals surface area contributed by atoms with Crippen LogP contribution in [0.3, 0.4) is 0 Å². The predicted octanol–water partition coefficient (Wildman–Crippen LogP) is 2.40. The maximum absolute atomic E-state index is 6.11. The van der Waals surface area contributed by atoms with Crippen molar-refractivity contribution in [1.82, 2.24) is 15.5 Å². The fourth-order valence-electron chi connectivity index (χ4n) is 2.01. The molecule has 0 radical (unpaired) electrons. The molecule has 0 aliphatic carbocycles. The lowest BCUT2D eigenvalue weighted by Gasteiger charge is -2.19. The molecule has 1 aliphatic rings. The van der Waals surface area contributed by atoms with Crippen LogP contribution in [-0.2, 0) is 11.2 Å². The third kappa shape index (κ3) is 3.49. The molecule has 0 amide bonds. The molecule has 0 unspecified atom stereocenters. The van der Waals surface area contributed by atoms with Crippen LogP contribution in [0, 0.1) is 0 Å². The van der Waals surface area contributed by atoms with Gasteiger partial charge < -0.3 is 14.6 Å². The van der Waals surface area contributed by atoms with Gasteiger partial charge >= 0.3 is 0 Å². The van der Waals surface area contributed by atoms with Crippen molar-refractivity contribution in [2.24, 2.45) is 0 Å². The third-order valence-corrected chi connectivity index (χ3v) is 3.36. The van der Waals surface area contributed by atoms with Crippen LogP contribution in [-0.4, -0.2) is 29.8 Å². The van der Waals surface area contributed by atoms with Gasteiger partial charge in [-0.05, 0) is 11.6 Å². The lowest BCUT2D eigenvalue weighted by atomic mass is 10.1. The molecule has 1 aliphatic heterocycles. The van der Waals surface area contributed by atoms with Gasteiger partial charge in [0, 0.05) is 24.5 Å². The van der Waals surface area contributed by atoms with Crippen molar-refractivity contribution in [3.05, 3.63) is 46.6 Å². The van der Waals surface area contributed by atoms with Gasteiger partial charge in [-0.15, -0.1) is 12.4 Å². The Morgan fingerprint density at radius 2 is 2.20 bits per heavy atom. The van der Waals surface area contributed by atoms with E-state index in [4.69, 9.17) is 20.9 Å². The summed E-state index contributed by atoms with van der Waals surface area (Å²) in [6.07, 6.45) is 0.407. The van der Waals surface area contributed by atoms with Gasteiger partial charge in [-0.1, -0.05) is 35.0 Å². The molecule has 3 rings (SSSR count). The number of nitrogens with one attached hydrogen (secondary N) is 1. The molecule has 20 heavy (non-hydrogen) atoms. The van der Waals surface area contributed by atoms with Crippen molar-refractivity contribution < 1.29 is 9.26 Å². The second kappa shape index (κ2) is 7.04. The Morgan fingerprint density at radius 3 is 2.95 bits per heavy atom. The van der Waals surface area contributed by atoms with E-state index >= 15 is 0 Å². The van der Waals surface area contributed by atoms with Gasteiger partial charge in [0.2, 0.25) is 0 Å². The van der Waals surface area contributed by atoms with E-state index in [2.05, 4.69) is 15.5 Å². The van der Waals surface area contributed by atoms with E-state index in [9.17, 15) is 0 Å². The molecular formula is C13H15Cl2N3O2. The normalized spacial score (nSPS) is 18.6. The Kier molecular flexibility index (Phi) is 5.37. The van der Waals surface area contributed by atoms with Crippen LogP contribution in [0.4, 0.5) is 0 Å². The number of nitrogens with zero attached hydrogens (tertiary/aromatic N) is 2. The van der Waals surface area contributed by atoms with E-state index in [-0.39, 0.29) is 18.5 Å². The van der Waals surface area contributed by atoms with Crippen LogP contribution in [0.15, 0.2) is 28.8 Å². The lowest BCUT2D eigenvalue weighted by Crippen LogP contribution is -2.33. The largest absolute Gasteiger partial charge is 0.366 e. The Bertz CT molecular complexity index is 556. The van der Waals surface area contributed by atoms with Gasteiger partial charge in [0.25, 0.3) is 5.89 Å². The zero-order valence-corrected chi connectivity index (χ0v) is 12.3. The average Bonchev–Trinajstić information content (AvgIpc) is 2.91. The smallest absolute Gasteiger partial charge is 0.257 e. The molecule has 1 fully saturated rings. The van der Waals surface area contributed by atoms with Gasteiger partial charge in [0.1, 0.15) is 6.10 Å². The highest BCUT2D eigenvalue weighted by atomic mass is 35.5. The first-order valence-corrected chi connectivity index (χ1v) is 6.59. The number of aromatic nitrogens is 2. The molecule has 5 nitrogen and oxygen atoms in total. The second-order valence-corrected chi connectivity index (χ2v) is 4.79. The van der Waals surface area contributed by atoms with Crippen LogP contribution < -0.4 is 5.32 Å². The number of hydrogen-bond acceptors (Lipinski definition) is 5. The zero-order chi connectivity index (χ0) is 13.1. The molecule has 7 heteroatoms. The predicted molar refractivity (Wildman–Crippen MR) is 77.4 cm³/mol. The summed E-state index contributed by atoms with van der Waals surface area (Å²) in [5.41, 5.74) is 0.985. The van der Waals surface area contributed by atoms with E-state index in [1.165, 1.54) is 0 Å². The van der Waals surface area contributed by atoms with E-state index in [0.717, 1.165) is 12.1 Å². The average molecular weight is 316 g/mol. The maximum Gasteiger partial charge on any atom is 0.257 e. The van der Waals surface area contributed by atoms with Crippen molar-refractivity contribution in [3.63, 3.8) is 0 Å². The monoisotopic (exact) mass is 315 g/mol. The standard InChI is InChI=1S/C13H14ClN3O2.ClH/c14-10-4-2-1-3-9(10)7-12-16-13(19-17-12)11-8-15-5-6-18-11;/h1-4,11,15H,5-8H2;1H/t11-;/m0./s1. The second-order valence-electron chi connectivity index (χ2n) is 4.38. The first kappa shape index (κ1) is 15.3. The van der Waals surface area contributed by atoms with Gasteiger partial charge in [-0.25, -0.2) is 0 Å². The minimum absolute atomic E-state index is 0. The Morgan fingerprint density at radius 1 is 1.35 bits per heavy atom. The summed E-state index contributed by atoms with van der Waals surface area (Å²) in [6, 6.07) is 7.65. The maximum atomic E-state index is 6.11. The summed E-state index contributed by atoms with van der Waals surface area (Å²) >= 11 is 6.11. The minimum Gasteiger partial charge on any atom is -0.366 e. The lowest BCUT2D eigenvalue weighted by molar-refractivity contribution is 0.00755. The van der Waals surface area contributed by atoms with Crippen LogP contribution in [0.25, 0.3) is 0 Å². The van der Waals surface area contributed by atoms with Crippen molar-refractivity contribution >= 4 is 24.0 Å². The molecule has 0 bridgehead atoms. The van der Waals surface area contributed by atoms with Crippen molar-refractivity contribution in [3.8, 4) is 0 Å². The summed E-state index contributed by atoms with van der Waals surface area (Å²) in [5.74, 6) is 1.14. The highest BCUT2D eigenvalue weighted by Gasteiger charge is 2.22. The zero-order valence-electron chi connectivity index (χ0n) is 10.7. The molecule has 1 atom stereocenters. The fraction of sp³-hybridized carbons (Fsp3) is 0.385. The Hall–Kier alpha value is -1.14. The number of rotatable bonds is 3. The summed E-state index contributed by atoms with van der Waals surface area (Å²) in [5, 5.41) is 7.92. The van der Waals surface area contributed by atoms with Crippen LogP contribution in [0.2, 0.25) is 5.02 Å².